The minimum absolute atomic E-state index is 0.00209. The quantitative estimate of drug-likeness (QED) is 0.711. The molecule has 2 aromatic carbocycles. The molecule has 0 saturated carbocycles. The van der Waals surface area contributed by atoms with Gasteiger partial charge in [-0.3, -0.25) is 4.79 Å². The third kappa shape index (κ3) is 3.95. The maximum absolute atomic E-state index is 14.5. The van der Waals surface area contributed by atoms with Crippen molar-refractivity contribution >= 4 is 17.3 Å². The summed E-state index contributed by atoms with van der Waals surface area (Å²) in [4.78, 5) is 14.2. The number of β-amino-alcohol motifs (C(OH)–C–C–N with tert-alkyl or cyclic N) is 1. The summed E-state index contributed by atoms with van der Waals surface area (Å²) in [5.74, 6) is -3.72. The highest BCUT2D eigenvalue weighted by atomic mass is 19.2. The number of aliphatic hydroxyl groups is 1. The molecule has 1 fully saturated rings. The first-order valence-electron chi connectivity index (χ1n) is 9.32. The number of halogens is 3. The average molecular weight is 407 g/mol. The van der Waals surface area contributed by atoms with Crippen LogP contribution in [0.5, 0.6) is 0 Å². The van der Waals surface area contributed by atoms with Gasteiger partial charge in [0.15, 0.2) is 11.6 Å². The predicted octanol–water partition coefficient (Wildman–Crippen LogP) is 3.33. The number of benzene rings is 2. The summed E-state index contributed by atoms with van der Waals surface area (Å²) in [6.45, 7) is 5.36. The zero-order chi connectivity index (χ0) is 21.5. The number of nitrogens with zero attached hydrogens (tertiary/aromatic N) is 1. The second-order valence-electron chi connectivity index (χ2n) is 7.93. The summed E-state index contributed by atoms with van der Waals surface area (Å²) in [7, 11) is 0. The lowest BCUT2D eigenvalue weighted by molar-refractivity contribution is -0.105. The number of nitrogens with one attached hydrogen (secondary N) is 1. The Labute approximate surface area is 167 Å². The first-order valence-corrected chi connectivity index (χ1v) is 9.32. The monoisotopic (exact) mass is 407 g/mol. The summed E-state index contributed by atoms with van der Waals surface area (Å²) < 4.78 is 42.5. The number of carbonyl (C=O) groups is 1. The summed E-state index contributed by atoms with van der Waals surface area (Å²) in [5.41, 5.74) is 4.72. The van der Waals surface area contributed by atoms with Crippen molar-refractivity contribution in [2.75, 3.05) is 18.4 Å². The van der Waals surface area contributed by atoms with Crippen molar-refractivity contribution in [1.82, 2.24) is 4.90 Å². The Morgan fingerprint density at radius 2 is 1.83 bits per heavy atom. The van der Waals surface area contributed by atoms with Crippen LogP contribution in [0.4, 0.5) is 24.5 Å². The van der Waals surface area contributed by atoms with E-state index >= 15 is 0 Å². The van der Waals surface area contributed by atoms with Crippen LogP contribution < -0.4 is 11.1 Å². The Morgan fingerprint density at radius 1 is 1.17 bits per heavy atom. The van der Waals surface area contributed by atoms with E-state index in [1.54, 1.807) is 13.0 Å². The predicted molar refractivity (Wildman–Crippen MR) is 104 cm³/mol. The van der Waals surface area contributed by atoms with Crippen LogP contribution in [0.1, 0.15) is 29.8 Å². The van der Waals surface area contributed by atoms with Crippen molar-refractivity contribution in [3.05, 3.63) is 58.9 Å². The van der Waals surface area contributed by atoms with Gasteiger partial charge in [0.1, 0.15) is 11.4 Å². The van der Waals surface area contributed by atoms with E-state index in [0.717, 1.165) is 12.1 Å². The summed E-state index contributed by atoms with van der Waals surface area (Å²) in [5, 5.41) is 13.1. The molecule has 5 nitrogen and oxygen atoms in total. The van der Waals surface area contributed by atoms with Crippen LogP contribution in [-0.4, -0.2) is 40.6 Å². The number of anilines is 2. The highest BCUT2D eigenvalue weighted by Gasteiger charge is 2.49. The number of hydrogen-bond donors (Lipinski definition) is 3. The van der Waals surface area contributed by atoms with Gasteiger partial charge in [0.2, 0.25) is 0 Å². The zero-order valence-corrected chi connectivity index (χ0v) is 16.5. The maximum atomic E-state index is 14.5. The van der Waals surface area contributed by atoms with Crippen LogP contribution in [0.3, 0.4) is 0 Å². The molecule has 1 atom stereocenters. The van der Waals surface area contributed by atoms with Gasteiger partial charge in [0, 0.05) is 6.04 Å². The van der Waals surface area contributed by atoms with Crippen LogP contribution >= 0.6 is 0 Å². The molecule has 0 spiro atoms. The number of amides is 1. The third-order valence-electron chi connectivity index (χ3n) is 5.26. The second-order valence-corrected chi connectivity index (χ2v) is 7.93. The van der Waals surface area contributed by atoms with E-state index in [-0.39, 0.29) is 30.3 Å². The Balaban J connectivity index is 1.89. The molecular weight excluding hydrogens is 383 g/mol. The molecule has 0 aromatic heterocycles. The van der Waals surface area contributed by atoms with Crippen LogP contribution in [0.15, 0.2) is 30.3 Å². The molecule has 1 amide bonds. The lowest BCUT2D eigenvalue weighted by Crippen LogP contribution is -2.71. The topological polar surface area (TPSA) is 78.6 Å². The van der Waals surface area contributed by atoms with E-state index < -0.39 is 40.7 Å². The molecule has 0 radical (unpaired) electrons. The molecule has 2 aromatic rings. The molecule has 1 aliphatic heterocycles. The van der Waals surface area contributed by atoms with Gasteiger partial charge in [0.05, 0.1) is 30.0 Å². The number of hydrogen-bond acceptors (Lipinski definition) is 4. The molecule has 1 saturated heterocycles. The number of likely N-dealkylation sites (tertiary alicyclic amines) is 1. The molecule has 1 unspecified atom stereocenters. The first-order chi connectivity index (χ1) is 13.5. The van der Waals surface area contributed by atoms with Gasteiger partial charge < -0.3 is 21.1 Å². The minimum Gasteiger partial charge on any atom is -0.385 e. The van der Waals surface area contributed by atoms with Gasteiger partial charge in [-0.25, -0.2) is 13.2 Å². The highest BCUT2D eigenvalue weighted by Crippen LogP contribution is 2.33. The lowest BCUT2D eigenvalue weighted by Gasteiger charge is -2.50. The first kappa shape index (κ1) is 21.1. The van der Waals surface area contributed by atoms with E-state index in [0.29, 0.717) is 5.56 Å². The fraction of sp³-hybridized carbons (Fsp3) is 0.381. The Bertz CT molecular complexity index is 943. The molecule has 1 heterocycles. The largest absolute Gasteiger partial charge is 0.385 e. The number of nitrogens with two attached hydrogens (primary N) is 1. The zero-order valence-electron chi connectivity index (χ0n) is 16.5. The number of carbonyl (C=O) groups excluding carboxylic acids is 1. The van der Waals surface area contributed by atoms with E-state index in [2.05, 4.69) is 5.32 Å². The van der Waals surface area contributed by atoms with Crippen molar-refractivity contribution in [3.63, 3.8) is 0 Å². The average Bonchev–Trinajstić information content (AvgIpc) is 2.63. The van der Waals surface area contributed by atoms with Crippen molar-refractivity contribution in [2.45, 2.75) is 32.4 Å². The highest BCUT2D eigenvalue weighted by molar-refractivity contribution is 6.01. The molecule has 1 aliphatic rings. The van der Waals surface area contributed by atoms with Gasteiger partial charge in [-0.2, -0.15) is 0 Å². The molecule has 0 bridgehead atoms. The SMILES string of the molecule is Cc1ccc(Nc2c(C(=O)N3CC(O)(C(N)C(C)C)C3)ccc(F)c2F)c(F)c1. The van der Waals surface area contributed by atoms with E-state index in [4.69, 9.17) is 5.73 Å². The van der Waals surface area contributed by atoms with Gasteiger partial charge >= 0.3 is 0 Å². The van der Waals surface area contributed by atoms with Gasteiger partial charge in [0.25, 0.3) is 5.91 Å². The van der Waals surface area contributed by atoms with Crippen molar-refractivity contribution < 1.29 is 23.1 Å². The fourth-order valence-corrected chi connectivity index (χ4v) is 3.47. The third-order valence-corrected chi connectivity index (χ3v) is 5.26. The van der Waals surface area contributed by atoms with Crippen molar-refractivity contribution in [3.8, 4) is 0 Å². The van der Waals surface area contributed by atoms with Gasteiger partial charge in [-0.15, -0.1) is 0 Å². The minimum atomic E-state index is -1.29. The van der Waals surface area contributed by atoms with Crippen molar-refractivity contribution in [2.24, 2.45) is 11.7 Å². The smallest absolute Gasteiger partial charge is 0.256 e. The summed E-state index contributed by atoms with van der Waals surface area (Å²) in [6.07, 6.45) is 0. The fourth-order valence-electron chi connectivity index (χ4n) is 3.47. The second kappa shape index (κ2) is 7.68. The van der Waals surface area contributed by atoms with Crippen LogP contribution in [0, 0.1) is 30.3 Å². The molecular formula is C21H24F3N3O2. The number of aryl methyl sites for hydroxylation is 1. The Kier molecular flexibility index (Phi) is 5.60. The summed E-state index contributed by atoms with van der Waals surface area (Å²) >= 11 is 0. The molecule has 8 heteroatoms. The van der Waals surface area contributed by atoms with E-state index in [1.165, 1.54) is 17.0 Å². The normalized spacial score (nSPS) is 16.5. The maximum Gasteiger partial charge on any atom is 0.256 e. The van der Waals surface area contributed by atoms with Gasteiger partial charge in [-0.05, 0) is 42.7 Å². The lowest BCUT2D eigenvalue weighted by atomic mass is 9.80. The molecule has 4 N–H and O–H groups in total. The van der Waals surface area contributed by atoms with Crippen LogP contribution in [-0.2, 0) is 0 Å². The van der Waals surface area contributed by atoms with Crippen LogP contribution in [0.2, 0.25) is 0 Å². The van der Waals surface area contributed by atoms with Gasteiger partial charge in [-0.1, -0.05) is 19.9 Å². The van der Waals surface area contributed by atoms with E-state index in [1.807, 2.05) is 13.8 Å². The molecule has 3 rings (SSSR count). The summed E-state index contributed by atoms with van der Waals surface area (Å²) in [6, 6.07) is 5.67. The molecule has 156 valence electrons. The molecule has 0 aliphatic carbocycles. The number of rotatable bonds is 5. The standard InChI is InChI=1S/C21H24F3N3O2/c1-11(2)19(25)21(29)9-27(10-21)20(28)13-5-6-14(22)17(24)18(13)26-16-7-4-12(3)8-15(16)23/h4-8,11,19,26,29H,9-10,25H2,1-3H3. The Morgan fingerprint density at radius 3 is 2.41 bits per heavy atom. The van der Waals surface area contributed by atoms with Crippen LogP contribution in [0.25, 0.3) is 0 Å². The molecule has 29 heavy (non-hydrogen) atoms. The van der Waals surface area contributed by atoms with Crippen molar-refractivity contribution in [1.29, 1.82) is 0 Å². The van der Waals surface area contributed by atoms with E-state index in [9.17, 15) is 23.1 Å². The Hall–Kier alpha value is -2.58.